The van der Waals surface area contributed by atoms with Gasteiger partial charge in [-0.2, -0.15) is 0 Å². The maximum atomic E-state index is 12.6. The molecule has 0 aliphatic carbocycles. The number of hydrogen-bond acceptors (Lipinski definition) is 6. The van der Waals surface area contributed by atoms with Gasteiger partial charge in [-0.25, -0.2) is 0 Å². The maximum absolute atomic E-state index is 12.6. The number of amides is 2. The van der Waals surface area contributed by atoms with Crippen molar-refractivity contribution in [2.24, 2.45) is 0 Å². The Morgan fingerprint density at radius 2 is 1.77 bits per heavy atom. The topological polar surface area (TPSA) is 107 Å². The molecule has 2 amide bonds. The maximum Gasteiger partial charge on any atom is 0.303 e. The van der Waals surface area contributed by atoms with Crippen LogP contribution in [0.15, 0.2) is 29.2 Å². The molecule has 9 heteroatoms. The number of phenols is 1. The van der Waals surface area contributed by atoms with Crippen molar-refractivity contribution in [1.29, 1.82) is 0 Å². The van der Waals surface area contributed by atoms with E-state index in [1.54, 1.807) is 35.2 Å². The smallest absolute Gasteiger partial charge is 0.303 e. The van der Waals surface area contributed by atoms with Crippen LogP contribution in [0.3, 0.4) is 0 Å². The minimum atomic E-state index is -0.790. The first-order valence-corrected chi connectivity index (χ1v) is 11.6. The number of nitrogens with zero attached hydrogens (tertiary/aromatic N) is 1. The number of aromatic hydroxyl groups is 1. The highest BCUT2D eigenvalue weighted by Crippen LogP contribution is 2.34. The molecule has 3 N–H and O–H groups in total. The number of nitrogens with one attached hydrogen (secondary N) is 1. The number of rotatable bonds is 13. The third kappa shape index (κ3) is 8.70. The molecule has 1 aliphatic heterocycles. The predicted molar refractivity (Wildman–Crippen MR) is 126 cm³/mol. The molecule has 168 valence electrons. The van der Waals surface area contributed by atoms with Gasteiger partial charge in [0.25, 0.3) is 5.91 Å². The fraction of sp³-hybridized carbons (Fsp3) is 0.455. The van der Waals surface area contributed by atoms with Gasteiger partial charge < -0.3 is 15.5 Å². The van der Waals surface area contributed by atoms with E-state index in [0.717, 1.165) is 32.1 Å². The normalized spacial score (nSPS) is 15.0. The Labute approximate surface area is 191 Å². The van der Waals surface area contributed by atoms with Crippen molar-refractivity contribution in [3.63, 3.8) is 0 Å². The van der Waals surface area contributed by atoms with Crippen LogP contribution in [0.5, 0.6) is 5.75 Å². The Morgan fingerprint density at radius 1 is 1.06 bits per heavy atom. The molecule has 0 saturated carbocycles. The summed E-state index contributed by atoms with van der Waals surface area (Å²) in [5, 5.41) is 21.3. The average Bonchev–Trinajstić information content (AvgIpc) is 2.99. The fourth-order valence-corrected chi connectivity index (χ4v) is 4.37. The van der Waals surface area contributed by atoms with E-state index in [9.17, 15) is 19.5 Å². The van der Waals surface area contributed by atoms with Gasteiger partial charge in [-0.15, -0.1) is 0 Å². The van der Waals surface area contributed by atoms with Crippen LogP contribution in [0.2, 0.25) is 0 Å². The van der Waals surface area contributed by atoms with Crippen molar-refractivity contribution in [3.8, 4) is 5.75 Å². The van der Waals surface area contributed by atoms with Crippen LogP contribution in [-0.2, 0) is 14.4 Å². The second-order valence-corrected chi connectivity index (χ2v) is 8.93. The highest BCUT2D eigenvalue weighted by Gasteiger charge is 2.31. The molecule has 0 radical (unpaired) electrons. The molecule has 1 aliphatic rings. The minimum absolute atomic E-state index is 0.00514. The number of carbonyl (C=O) groups is 3. The van der Waals surface area contributed by atoms with Gasteiger partial charge in [0.1, 0.15) is 10.1 Å². The third-order valence-electron chi connectivity index (χ3n) is 4.77. The highest BCUT2D eigenvalue weighted by molar-refractivity contribution is 8.26. The number of aliphatic carboxylic acids is 1. The van der Waals surface area contributed by atoms with Crippen LogP contribution in [0.4, 0.5) is 0 Å². The first kappa shape index (κ1) is 24.9. The van der Waals surface area contributed by atoms with Gasteiger partial charge in [0, 0.05) is 31.5 Å². The summed E-state index contributed by atoms with van der Waals surface area (Å²) in [4.78, 5) is 36.9. The van der Waals surface area contributed by atoms with Crippen LogP contribution in [0.25, 0.3) is 6.08 Å². The molecular formula is C22H28N2O5S2. The quantitative estimate of drug-likeness (QED) is 0.231. The molecule has 0 aromatic heterocycles. The first-order valence-electron chi connectivity index (χ1n) is 10.4. The van der Waals surface area contributed by atoms with E-state index in [1.807, 2.05) is 0 Å². The molecule has 2 rings (SSSR count). The van der Waals surface area contributed by atoms with E-state index in [1.165, 1.54) is 11.8 Å². The van der Waals surface area contributed by atoms with E-state index in [2.05, 4.69) is 5.32 Å². The monoisotopic (exact) mass is 464 g/mol. The second kappa shape index (κ2) is 13.1. The Kier molecular flexibility index (Phi) is 10.5. The summed E-state index contributed by atoms with van der Waals surface area (Å²) in [6.45, 7) is 1.08. The number of thioether (sulfide) groups is 1. The lowest BCUT2D eigenvalue weighted by Gasteiger charge is -2.14. The van der Waals surface area contributed by atoms with Crippen molar-refractivity contribution in [2.45, 2.75) is 51.4 Å². The zero-order chi connectivity index (χ0) is 22.6. The van der Waals surface area contributed by atoms with Crippen molar-refractivity contribution < 1.29 is 24.6 Å². The molecular weight excluding hydrogens is 436 g/mol. The predicted octanol–water partition coefficient (Wildman–Crippen LogP) is 3.92. The van der Waals surface area contributed by atoms with Gasteiger partial charge in [0.15, 0.2) is 0 Å². The number of thiocarbonyl (C=S) groups is 1. The van der Waals surface area contributed by atoms with Crippen LogP contribution in [0.1, 0.15) is 56.9 Å². The van der Waals surface area contributed by atoms with Gasteiger partial charge in [-0.05, 0) is 37.8 Å². The molecule has 1 fully saturated rings. The standard InChI is InChI=1S/C22H28N2O5S2/c25-17-10-6-5-9-16(17)15-18-21(29)24(22(30)31-18)14-8-2-3-11-19(26)23-13-7-1-4-12-20(27)28/h5-6,9-10,15,25H,1-4,7-8,11-14H2,(H,23,26)(H,27,28)/b18-15-. The number of para-hydroxylation sites is 1. The van der Waals surface area contributed by atoms with Crippen molar-refractivity contribution in [3.05, 3.63) is 34.7 Å². The van der Waals surface area contributed by atoms with Crippen LogP contribution in [-0.4, -0.2) is 50.3 Å². The molecule has 0 unspecified atom stereocenters. The van der Waals surface area contributed by atoms with Gasteiger partial charge >= 0.3 is 5.97 Å². The summed E-state index contributed by atoms with van der Waals surface area (Å²) >= 11 is 6.55. The van der Waals surface area contributed by atoms with Crippen molar-refractivity contribution >= 4 is 52.2 Å². The molecule has 0 spiro atoms. The molecule has 31 heavy (non-hydrogen) atoms. The van der Waals surface area contributed by atoms with Gasteiger partial charge in [0.05, 0.1) is 4.91 Å². The summed E-state index contributed by atoms with van der Waals surface area (Å²) in [5.41, 5.74) is 0.580. The minimum Gasteiger partial charge on any atom is -0.507 e. The zero-order valence-electron chi connectivity index (χ0n) is 17.3. The number of hydrogen-bond donors (Lipinski definition) is 3. The SMILES string of the molecule is O=C(O)CCCCCNC(=O)CCCCCN1C(=O)/C(=C/c2ccccc2O)SC1=S. The summed E-state index contributed by atoms with van der Waals surface area (Å²) in [7, 11) is 0. The molecule has 0 bridgehead atoms. The van der Waals surface area contributed by atoms with E-state index in [-0.39, 0.29) is 24.0 Å². The van der Waals surface area contributed by atoms with Gasteiger partial charge in [-0.3, -0.25) is 19.3 Å². The van der Waals surface area contributed by atoms with Gasteiger partial charge in [0.2, 0.25) is 5.91 Å². The zero-order valence-corrected chi connectivity index (χ0v) is 19.0. The van der Waals surface area contributed by atoms with Gasteiger partial charge in [-0.1, -0.05) is 55.0 Å². The van der Waals surface area contributed by atoms with Crippen molar-refractivity contribution in [2.75, 3.05) is 13.1 Å². The Morgan fingerprint density at radius 3 is 2.52 bits per heavy atom. The number of carboxylic acid groups (broad SMARTS) is 1. The highest BCUT2D eigenvalue weighted by atomic mass is 32.2. The molecule has 1 aromatic carbocycles. The fourth-order valence-electron chi connectivity index (χ4n) is 3.07. The molecule has 0 atom stereocenters. The number of phenolic OH excluding ortho intramolecular Hbond substituents is 1. The molecule has 1 heterocycles. The first-order chi connectivity index (χ1) is 14.9. The van der Waals surface area contributed by atoms with Crippen molar-refractivity contribution in [1.82, 2.24) is 10.2 Å². The van der Waals surface area contributed by atoms with E-state index in [0.29, 0.717) is 40.7 Å². The Hall–Kier alpha value is -2.39. The summed E-state index contributed by atoms with van der Waals surface area (Å²) in [6, 6.07) is 6.83. The molecule has 7 nitrogen and oxygen atoms in total. The summed E-state index contributed by atoms with van der Waals surface area (Å²) in [6.07, 6.45) is 6.73. The third-order valence-corrected chi connectivity index (χ3v) is 6.15. The van der Waals surface area contributed by atoms with E-state index in [4.69, 9.17) is 17.3 Å². The number of benzene rings is 1. The second-order valence-electron chi connectivity index (χ2n) is 7.26. The van der Waals surface area contributed by atoms with Crippen LogP contribution < -0.4 is 5.32 Å². The Balaban J connectivity index is 1.62. The molecule has 1 aromatic rings. The molecule has 1 saturated heterocycles. The van der Waals surface area contributed by atoms with E-state index < -0.39 is 5.97 Å². The lowest BCUT2D eigenvalue weighted by atomic mass is 10.1. The van der Waals surface area contributed by atoms with E-state index >= 15 is 0 Å². The number of carbonyl (C=O) groups excluding carboxylic acids is 2. The van der Waals surface area contributed by atoms with Crippen LogP contribution in [0, 0.1) is 0 Å². The average molecular weight is 465 g/mol. The lowest BCUT2D eigenvalue weighted by Crippen LogP contribution is -2.29. The summed E-state index contributed by atoms with van der Waals surface area (Å²) in [5.74, 6) is -0.832. The number of carboxylic acids is 1. The van der Waals surface area contributed by atoms with Crippen LogP contribution >= 0.6 is 24.0 Å². The lowest BCUT2D eigenvalue weighted by molar-refractivity contribution is -0.137. The largest absolute Gasteiger partial charge is 0.507 e. The Bertz CT molecular complexity index is 841. The number of unbranched alkanes of at least 4 members (excludes halogenated alkanes) is 4. The summed E-state index contributed by atoms with van der Waals surface area (Å²) < 4.78 is 0.507.